The Labute approximate surface area is 252 Å². The lowest BCUT2D eigenvalue weighted by Gasteiger charge is -2.31. The van der Waals surface area contributed by atoms with Crippen molar-refractivity contribution < 1.29 is 23.9 Å². The van der Waals surface area contributed by atoms with Crippen LogP contribution in [0.25, 0.3) is 0 Å². The number of ether oxygens (including phenoxy) is 2. The smallest absolute Gasteiger partial charge is 0.311 e. The molecule has 0 spiro atoms. The minimum absolute atomic E-state index is 0.0724. The Morgan fingerprint density at radius 1 is 0.977 bits per heavy atom. The van der Waals surface area contributed by atoms with Gasteiger partial charge in [-0.1, -0.05) is 55.5 Å². The van der Waals surface area contributed by atoms with Crippen molar-refractivity contribution in [2.24, 2.45) is 0 Å². The molecule has 9 heteroatoms. The van der Waals surface area contributed by atoms with Crippen LogP contribution in [0.2, 0.25) is 0 Å². The maximum atomic E-state index is 13.4. The van der Waals surface area contributed by atoms with Gasteiger partial charge in [-0.15, -0.1) is 0 Å². The van der Waals surface area contributed by atoms with Crippen molar-refractivity contribution in [3.8, 4) is 11.5 Å². The van der Waals surface area contributed by atoms with Gasteiger partial charge in [-0.2, -0.15) is 0 Å². The minimum atomic E-state index is -0.918. The summed E-state index contributed by atoms with van der Waals surface area (Å²) in [6.45, 7) is 3.45. The Hall–Kier alpha value is -4.24. The SMILES string of the molecule is CCCC(=O)Oc1c(OC)ccnc1C(=O)N[C@@H](C)C(=O)NN(C)C(c1cccc(C2CC2)c1)c1cccc(C2CC2)c1. The van der Waals surface area contributed by atoms with Gasteiger partial charge in [0.2, 0.25) is 5.75 Å². The predicted octanol–water partition coefficient (Wildman–Crippen LogP) is 5.42. The molecular weight excluding hydrogens is 544 g/mol. The Morgan fingerprint density at radius 3 is 2.12 bits per heavy atom. The molecule has 5 rings (SSSR count). The molecule has 2 amide bonds. The van der Waals surface area contributed by atoms with Crippen molar-refractivity contribution in [3.05, 3.63) is 88.7 Å². The molecule has 9 nitrogen and oxygen atoms in total. The average Bonchev–Trinajstić information content (AvgIpc) is 3.91. The number of hydrogen-bond donors (Lipinski definition) is 2. The van der Waals surface area contributed by atoms with Gasteiger partial charge in [0.1, 0.15) is 6.04 Å². The third-order valence-corrected chi connectivity index (χ3v) is 7.94. The normalized spacial score (nSPS) is 15.2. The lowest BCUT2D eigenvalue weighted by Crippen LogP contribution is -2.51. The second-order valence-corrected chi connectivity index (χ2v) is 11.5. The van der Waals surface area contributed by atoms with Gasteiger partial charge < -0.3 is 14.8 Å². The largest absolute Gasteiger partial charge is 0.493 e. The average molecular weight is 585 g/mol. The first-order valence-corrected chi connectivity index (χ1v) is 15.1. The molecule has 2 aromatic carbocycles. The number of esters is 1. The standard InChI is InChI=1S/C34H40N4O5/c1-5-8-29(39)43-32-28(42-4)17-18-35-30(32)34(41)36-21(2)33(40)37-38(3)31(26-11-6-9-24(19-26)22-13-14-22)27-12-7-10-25(20-27)23-15-16-23/h6-7,9-12,17-23,31H,5,8,13-16H2,1-4H3,(H,36,41)(H,37,40)/t21-/m0/s1. The number of carbonyl (C=O) groups excluding carboxylic acids is 3. The van der Waals surface area contributed by atoms with E-state index in [9.17, 15) is 14.4 Å². The summed E-state index contributed by atoms with van der Waals surface area (Å²) < 4.78 is 10.7. The number of aromatic nitrogens is 1. The van der Waals surface area contributed by atoms with Gasteiger partial charge in [0, 0.05) is 25.7 Å². The van der Waals surface area contributed by atoms with E-state index in [4.69, 9.17) is 9.47 Å². The molecule has 2 saturated carbocycles. The van der Waals surface area contributed by atoms with Crippen LogP contribution < -0.4 is 20.2 Å². The number of benzene rings is 2. The third-order valence-electron chi connectivity index (χ3n) is 7.94. The fourth-order valence-electron chi connectivity index (χ4n) is 5.33. The van der Waals surface area contributed by atoms with E-state index in [1.54, 1.807) is 6.92 Å². The molecule has 2 fully saturated rings. The minimum Gasteiger partial charge on any atom is -0.493 e. The molecule has 0 unspecified atom stereocenters. The van der Waals surface area contributed by atoms with Crippen molar-refractivity contribution in [2.75, 3.05) is 14.2 Å². The van der Waals surface area contributed by atoms with Crippen LogP contribution in [0.3, 0.4) is 0 Å². The van der Waals surface area contributed by atoms with Crippen LogP contribution in [0.5, 0.6) is 11.5 Å². The van der Waals surface area contributed by atoms with Gasteiger partial charge in [-0.25, -0.2) is 9.99 Å². The number of amides is 2. The van der Waals surface area contributed by atoms with Crippen LogP contribution in [0.1, 0.15) is 103 Å². The molecule has 1 heterocycles. The topological polar surface area (TPSA) is 110 Å². The number of carbonyl (C=O) groups is 3. The summed E-state index contributed by atoms with van der Waals surface area (Å²) in [6, 6.07) is 17.6. The first kappa shape index (κ1) is 30.2. The molecule has 2 N–H and O–H groups in total. The van der Waals surface area contributed by atoms with Crippen LogP contribution in [0.4, 0.5) is 0 Å². The molecule has 1 aromatic heterocycles. The molecule has 2 aliphatic carbocycles. The highest BCUT2D eigenvalue weighted by atomic mass is 16.6. The van der Waals surface area contributed by atoms with E-state index in [1.165, 1.54) is 56.2 Å². The summed E-state index contributed by atoms with van der Waals surface area (Å²) >= 11 is 0. The van der Waals surface area contributed by atoms with Crippen molar-refractivity contribution in [3.63, 3.8) is 0 Å². The quantitative estimate of drug-likeness (QED) is 0.204. The van der Waals surface area contributed by atoms with E-state index < -0.39 is 23.8 Å². The Morgan fingerprint density at radius 2 is 1.58 bits per heavy atom. The zero-order chi connectivity index (χ0) is 30.5. The van der Waals surface area contributed by atoms with Crippen molar-refractivity contribution >= 4 is 17.8 Å². The number of rotatable bonds is 13. The van der Waals surface area contributed by atoms with E-state index in [-0.39, 0.29) is 29.7 Å². The molecule has 2 aliphatic rings. The predicted molar refractivity (Wildman–Crippen MR) is 163 cm³/mol. The van der Waals surface area contributed by atoms with E-state index >= 15 is 0 Å². The summed E-state index contributed by atoms with van der Waals surface area (Å²) in [5.41, 5.74) is 7.69. The van der Waals surface area contributed by atoms with Gasteiger partial charge in [-0.3, -0.25) is 19.8 Å². The van der Waals surface area contributed by atoms with Crippen molar-refractivity contribution in [1.29, 1.82) is 0 Å². The highest BCUT2D eigenvalue weighted by Gasteiger charge is 2.30. The zero-order valence-corrected chi connectivity index (χ0v) is 25.3. The summed E-state index contributed by atoms with van der Waals surface area (Å²) in [7, 11) is 3.26. The molecule has 226 valence electrons. The Bertz CT molecular complexity index is 1430. The lowest BCUT2D eigenvalue weighted by atomic mass is 9.94. The molecular formula is C34H40N4O5. The van der Waals surface area contributed by atoms with E-state index in [1.807, 2.05) is 19.0 Å². The van der Waals surface area contributed by atoms with Crippen molar-refractivity contribution in [2.45, 2.75) is 76.3 Å². The monoisotopic (exact) mass is 584 g/mol. The number of hydrazine groups is 1. The van der Waals surface area contributed by atoms with Gasteiger partial charge in [0.25, 0.3) is 11.8 Å². The van der Waals surface area contributed by atoms with Crippen molar-refractivity contribution in [1.82, 2.24) is 20.7 Å². The Balaban J connectivity index is 1.33. The van der Waals surface area contributed by atoms with Crippen LogP contribution >= 0.6 is 0 Å². The van der Waals surface area contributed by atoms with Crippen LogP contribution in [0, 0.1) is 0 Å². The van der Waals surface area contributed by atoms with E-state index in [0.29, 0.717) is 18.3 Å². The van der Waals surface area contributed by atoms with Crippen LogP contribution in [-0.2, 0) is 9.59 Å². The van der Waals surface area contributed by atoms with E-state index in [2.05, 4.69) is 64.3 Å². The molecule has 0 aliphatic heterocycles. The van der Waals surface area contributed by atoms with Gasteiger partial charge in [0.05, 0.1) is 13.2 Å². The first-order valence-electron chi connectivity index (χ1n) is 15.1. The maximum absolute atomic E-state index is 13.4. The molecule has 0 saturated heterocycles. The number of pyridine rings is 1. The first-order chi connectivity index (χ1) is 20.8. The summed E-state index contributed by atoms with van der Waals surface area (Å²) in [4.78, 5) is 43.0. The summed E-state index contributed by atoms with van der Waals surface area (Å²) in [5.74, 6) is -0.227. The molecule has 0 bridgehead atoms. The number of hydrogen-bond acceptors (Lipinski definition) is 7. The van der Waals surface area contributed by atoms with Crippen LogP contribution in [-0.4, -0.2) is 48.0 Å². The highest BCUT2D eigenvalue weighted by molar-refractivity contribution is 5.99. The van der Waals surface area contributed by atoms with Gasteiger partial charge in [0.15, 0.2) is 11.4 Å². The van der Waals surface area contributed by atoms with E-state index in [0.717, 1.165) is 11.1 Å². The van der Waals surface area contributed by atoms with Crippen LogP contribution in [0.15, 0.2) is 60.8 Å². The van der Waals surface area contributed by atoms with Gasteiger partial charge >= 0.3 is 5.97 Å². The summed E-state index contributed by atoms with van der Waals surface area (Å²) in [5, 5.41) is 4.50. The highest BCUT2D eigenvalue weighted by Crippen LogP contribution is 2.43. The zero-order valence-electron chi connectivity index (χ0n) is 25.3. The fraction of sp³-hybridized carbons (Fsp3) is 0.412. The molecule has 1 atom stereocenters. The molecule has 0 radical (unpaired) electrons. The second-order valence-electron chi connectivity index (χ2n) is 11.5. The number of nitrogens with one attached hydrogen (secondary N) is 2. The maximum Gasteiger partial charge on any atom is 0.311 e. The summed E-state index contributed by atoms with van der Waals surface area (Å²) in [6.07, 6.45) is 6.98. The Kier molecular flexibility index (Phi) is 9.40. The lowest BCUT2D eigenvalue weighted by molar-refractivity contribution is -0.134. The third kappa shape index (κ3) is 7.40. The fourth-order valence-corrected chi connectivity index (χ4v) is 5.33. The molecule has 43 heavy (non-hydrogen) atoms. The molecule has 3 aromatic rings. The number of methoxy groups -OCH3 is 1. The number of nitrogens with zero attached hydrogens (tertiary/aromatic N) is 2. The second kappa shape index (κ2) is 13.4. The van der Waals surface area contributed by atoms with Gasteiger partial charge in [-0.05, 0) is 73.1 Å².